The number of hydrogen-bond donors (Lipinski definition) is 2. The van der Waals surface area contributed by atoms with Gasteiger partial charge in [0.15, 0.2) is 0 Å². The van der Waals surface area contributed by atoms with Gasteiger partial charge in [-0.05, 0) is 75.0 Å². The molecule has 1 atom stereocenters. The predicted molar refractivity (Wildman–Crippen MR) is 72.2 cm³/mol. The van der Waals surface area contributed by atoms with Gasteiger partial charge in [0.2, 0.25) is 0 Å². The molecule has 1 unspecified atom stereocenters. The molecule has 3 nitrogen and oxygen atoms in total. The van der Waals surface area contributed by atoms with Crippen LogP contribution in [-0.4, -0.2) is 17.0 Å². The van der Waals surface area contributed by atoms with Crippen molar-refractivity contribution in [1.82, 2.24) is 5.09 Å². The second kappa shape index (κ2) is 4.28. The van der Waals surface area contributed by atoms with Gasteiger partial charge in [0, 0.05) is 5.54 Å². The van der Waals surface area contributed by atoms with E-state index in [-0.39, 0.29) is 5.54 Å². The Bertz CT molecular complexity index is 325. The van der Waals surface area contributed by atoms with E-state index < -0.39 is 6.64 Å². The molecule has 0 saturated heterocycles. The lowest BCUT2D eigenvalue weighted by molar-refractivity contribution is -0.0105. The molecule has 4 aliphatic rings. The maximum atomic E-state index is 10.2. The summed E-state index contributed by atoms with van der Waals surface area (Å²) < 4.78 is 5.34. The van der Waals surface area contributed by atoms with E-state index >= 15 is 0 Å². The minimum Gasteiger partial charge on any atom is -0.334 e. The fraction of sp³-hybridized carbons (Fsp3) is 1.00. The van der Waals surface area contributed by atoms with E-state index in [0.29, 0.717) is 6.61 Å². The van der Waals surface area contributed by atoms with Gasteiger partial charge in [0.05, 0.1) is 6.61 Å². The maximum Gasteiger partial charge on any atom is 0.259 e. The molecule has 0 aliphatic heterocycles. The van der Waals surface area contributed by atoms with Gasteiger partial charge in [0.25, 0.3) is 6.64 Å². The molecule has 4 rings (SSSR count). The largest absolute Gasteiger partial charge is 0.334 e. The molecule has 98 valence electrons. The van der Waals surface area contributed by atoms with Crippen molar-refractivity contribution in [2.24, 2.45) is 17.8 Å². The van der Waals surface area contributed by atoms with Crippen LogP contribution < -0.4 is 5.09 Å². The fourth-order valence-corrected chi connectivity index (χ4v) is 6.94. The van der Waals surface area contributed by atoms with Crippen LogP contribution in [0.2, 0.25) is 0 Å². The van der Waals surface area contributed by atoms with Crippen LogP contribution in [0.15, 0.2) is 0 Å². The standard InChI is InChI=1S/C12H22NO2PS/c1-2-15-16(14,17)13-12-6-9-3-10(7-12)5-11(4-9)8-12/h9-11H,2-8H2,1H3,(H2,13,14,17). The van der Waals surface area contributed by atoms with Crippen molar-refractivity contribution in [2.75, 3.05) is 6.61 Å². The Balaban J connectivity index is 1.76. The Labute approximate surface area is 109 Å². The quantitative estimate of drug-likeness (QED) is 0.774. The lowest BCUT2D eigenvalue weighted by atomic mass is 9.53. The van der Waals surface area contributed by atoms with Crippen LogP contribution in [0.25, 0.3) is 0 Å². The van der Waals surface area contributed by atoms with Gasteiger partial charge in [-0.2, -0.15) is 0 Å². The van der Waals surface area contributed by atoms with Crippen molar-refractivity contribution < 1.29 is 9.42 Å². The van der Waals surface area contributed by atoms with Crippen LogP contribution in [0, 0.1) is 17.8 Å². The van der Waals surface area contributed by atoms with E-state index in [4.69, 9.17) is 16.3 Å². The van der Waals surface area contributed by atoms with Crippen LogP contribution in [0.3, 0.4) is 0 Å². The summed E-state index contributed by atoms with van der Waals surface area (Å²) in [6.45, 7) is -0.377. The van der Waals surface area contributed by atoms with Crippen molar-refractivity contribution in [3.63, 3.8) is 0 Å². The molecule has 0 aromatic rings. The lowest BCUT2D eigenvalue weighted by Gasteiger charge is -2.57. The van der Waals surface area contributed by atoms with Crippen molar-refractivity contribution in [3.05, 3.63) is 0 Å². The van der Waals surface area contributed by atoms with Crippen LogP contribution in [0.4, 0.5) is 0 Å². The maximum absolute atomic E-state index is 10.2. The summed E-state index contributed by atoms with van der Waals surface area (Å²) >= 11 is 5.21. The Morgan fingerprint density at radius 2 is 1.71 bits per heavy atom. The molecule has 4 fully saturated rings. The van der Waals surface area contributed by atoms with Gasteiger partial charge in [-0.3, -0.25) is 0 Å². The first-order valence-electron chi connectivity index (χ1n) is 6.77. The first kappa shape index (κ1) is 12.6. The first-order valence-corrected chi connectivity index (χ1v) is 9.44. The molecule has 0 radical (unpaired) electrons. The summed E-state index contributed by atoms with van der Waals surface area (Å²) in [7, 11) is 0. The van der Waals surface area contributed by atoms with E-state index in [1.165, 1.54) is 38.5 Å². The minimum atomic E-state index is -2.76. The molecule has 5 heteroatoms. The molecule has 4 saturated carbocycles. The fourth-order valence-electron chi connectivity index (χ4n) is 4.75. The highest BCUT2D eigenvalue weighted by molar-refractivity contribution is 8.08. The van der Waals surface area contributed by atoms with Crippen LogP contribution in [0.5, 0.6) is 0 Å². The molecule has 4 bridgehead atoms. The topological polar surface area (TPSA) is 41.5 Å². The van der Waals surface area contributed by atoms with Gasteiger partial charge < -0.3 is 9.42 Å². The van der Waals surface area contributed by atoms with Gasteiger partial charge in [0.1, 0.15) is 0 Å². The van der Waals surface area contributed by atoms with Crippen molar-refractivity contribution >= 4 is 18.4 Å². The zero-order valence-corrected chi connectivity index (χ0v) is 12.1. The van der Waals surface area contributed by atoms with Crippen molar-refractivity contribution in [1.29, 1.82) is 0 Å². The summed E-state index contributed by atoms with van der Waals surface area (Å²) in [6.07, 6.45) is 7.82. The highest BCUT2D eigenvalue weighted by Crippen LogP contribution is 2.58. The smallest absolute Gasteiger partial charge is 0.259 e. The van der Waals surface area contributed by atoms with Gasteiger partial charge >= 0.3 is 0 Å². The molecule has 4 aliphatic carbocycles. The third kappa shape index (κ3) is 2.48. The van der Waals surface area contributed by atoms with E-state index in [1.807, 2.05) is 6.92 Å². The van der Waals surface area contributed by atoms with Crippen molar-refractivity contribution in [2.45, 2.75) is 51.0 Å². The molecule has 17 heavy (non-hydrogen) atoms. The summed E-state index contributed by atoms with van der Waals surface area (Å²) in [5.41, 5.74) is 0.105. The SMILES string of the molecule is CCOP(O)(=S)NC12CC3CC(CC(C3)C1)C2. The summed E-state index contributed by atoms with van der Waals surface area (Å²) in [5, 5.41) is 3.36. The normalized spacial score (nSPS) is 47.1. The summed E-state index contributed by atoms with van der Waals surface area (Å²) in [5.74, 6) is 2.60. The monoisotopic (exact) mass is 275 g/mol. The Morgan fingerprint density at radius 3 is 2.12 bits per heavy atom. The summed E-state index contributed by atoms with van der Waals surface area (Å²) in [6, 6.07) is 0. The van der Waals surface area contributed by atoms with Crippen LogP contribution in [-0.2, 0) is 16.3 Å². The van der Waals surface area contributed by atoms with Crippen LogP contribution >= 0.6 is 6.64 Å². The Kier molecular flexibility index (Phi) is 3.16. The van der Waals surface area contributed by atoms with Gasteiger partial charge in [-0.25, -0.2) is 5.09 Å². The number of hydrogen-bond acceptors (Lipinski definition) is 2. The van der Waals surface area contributed by atoms with E-state index in [9.17, 15) is 4.89 Å². The Hall–Kier alpha value is 0.530. The molecule has 0 aromatic carbocycles. The average Bonchev–Trinajstić information content (AvgIpc) is 2.11. The third-order valence-electron chi connectivity index (χ3n) is 4.72. The lowest BCUT2D eigenvalue weighted by Crippen LogP contribution is -2.57. The van der Waals surface area contributed by atoms with E-state index in [0.717, 1.165) is 17.8 Å². The summed E-state index contributed by atoms with van der Waals surface area (Å²) in [4.78, 5) is 10.2. The molecular formula is C12H22NO2PS. The first-order chi connectivity index (χ1) is 8.00. The second-order valence-corrected chi connectivity index (χ2v) is 9.26. The molecule has 0 amide bonds. The van der Waals surface area contributed by atoms with Gasteiger partial charge in [-0.15, -0.1) is 0 Å². The number of rotatable bonds is 4. The minimum absolute atomic E-state index is 0.105. The highest BCUT2D eigenvalue weighted by atomic mass is 32.5. The van der Waals surface area contributed by atoms with Gasteiger partial charge in [-0.1, -0.05) is 0 Å². The Morgan fingerprint density at radius 1 is 1.24 bits per heavy atom. The average molecular weight is 275 g/mol. The molecule has 2 N–H and O–H groups in total. The van der Waals surface area contributed by atoms with E-state index in [1.54, 1.807) is 0 Å². The zero-order valence-electron chi connectivity index (χ0n) is 10.4. The second-order valence-electron chi connectivity index (χ2n) is 6.25. The highest BCUT2D eigenvalue weighted by Gasteiger charge is 2.52. The molecule has 0 aromatic heterocycles. The van der Waals surface area contributed by atoms with E-state index in [2.05, 4.69) is 5.09 Å². The van der Waals surface area contributed by atoms with Crippen LogP contribution in [0.1, 0.15) is 45.4 Å². The molecule has 0 heterocycles. The third-order valence-corrected chi connectivity index (χ3v) is 6.68. The van der Waals surface area contributed by atoms with Crippen molar-refractivity contribution in [3.8, 4) is 0 Å². The predicted octanol–water partition coefficient (Wildman–Crippen LogP) is 2.80. The molecular weight excluding hydrogens is 253 g/mol. The zero-order chi connectivity index (χ0) is 12.1. The number of nitrogens with one attached hydrogen (secondary N) is 1. The molecule has 0 spiro atoms.